The van der Waals surface area contributed by atoms with E-state index in [0.717, 1.165) is 11.3 Å². The van der Waals surface area contributed by atoms with Crippen LogP contribution in [0.2, 0.25) is 10.3 Å². The van der Waals surface area contributed by atoms with Gasteiger partial charge < -0.3 is 15.8 Å². The maximum absolute atomic E-state index is 11.4. The first-order valence-corrected chi connectivity index (χ1v) is 6.79. The lowest BCUT2D eigenvalue weighted by Gasteiger charge is -2.12. The zero-order valence-corrected chi connectivity index (χ0v) is 12.7. The Kier molecular flexibility index (Phi) is 4.88. The summed E-state index contributed by atoms with van der Waals surface area (Å²) in [5.41, 5.74) is 6.87. The second kappa shape index (κ2) is 6.65. The number of halogens is 2. The Bertz CT molecular complexity index is 660. The lowest BCUT2D eigenvalue weighted by atomic mass is 10.2. The summed E-state index contributed by atoms with van der Waals surface area (Å²) in [6.07, 6.45) is 0. The fourth-order valence-corrected chi connectivity index (χ4v) is 2.32. The molecule has 0 unspecified atom stereocenters. The van der Waals surface area contributed by atoms with Crippen LogP contribution < -0.4 is 15.8 Å². The molecule has 110 valence electrons. The Labute approximate surface area is 132 Å². The van der Waals surface area contributed by atoms with E-state index in [-0.39, 0.29) is 15.9 Å². The molecule has 1 amide bonds. The molecule has 0 aliphatic heterocycles. The number of nitrogens with one attached hydrogen (secondary N) is 1. The van der Waals surface area contributed by atoms with Gasteiger partial charge in [-0.3, -0.25) is 4.79 Å². The minimum absolute atomic E-state index is 0.0211. The molecule has 0 fully saturated rings. The number of nitrogens with zero attached hydrogens (tertiary/aromatic N) is 1. The third-order valence-electron chi connectivity index (χ3n) is 2.83. The van der Waals surface area contributed by atoms with Crippen molar-refractivity contribution in [3.8, 4) is 5.75 Å². The summed E-state index contributed by atoms with van der Waals surface area (Å²) < 4.78 is 5.09. The lowest BCUT2D eigenvalue weighted by molar-refractivity contribution is 0.100. The van der Waals surface area contributed by atoms with Crippen molar-refractivity contribution in [2.45, 2.75) is 6.54 Å². The van der Waals surface area contributed by atoms with Crippen molar-refractivity contribution in [1.82, 2.24) is 4.98 Å². The fourth-order valence-electron chi connectivity index (χ4n) is 1.80. The maximum Gasteiger partial charge on any atom is 0.253 e. The molecule has 0 bridgehead atoms. The smallest absolute Gasteiger partial charge is 0.253 e. The Morgan fingerprint density at radius 3 is 2.57 bits per heavy atom. The average molecular weight is 326 g/mol. The number of primary amides is 1. The highest BCUT2D eigenvalue weighted by molar-refractivity contribution is 6.35. The van der Waals surface area contributed by atoms with Gasteiger partial charge >= 0.3 is 0 Å². The van der Waals surface area contributed by atoms with Crippen LogP contribution in [-0.4, -0.2) is 18.0 Å². The van der Waals surface area contributed by atoms with E-state index in [9.17, 15) is 4.79 Å². The number of hydrogen-bond acceptors (Lipinski definition) is 4. The summed E-state index contributed by atoms with van der Waals surface area (Å²) in [6, 6.07) is 9.01. The van der Waals surface area contributed by atoms with Crippen LogP contribution in [0.15, 0.2) is 30.3 Å². The van der Waals surface area contributed by atoms with Crippen molar-refractivity contribution in [1.29, 1.82) is 0 Å². The standard InChI is InChI=1S/C14H13Cl2N3O2/c1-21-9-4-2-8(3-5-9)7-18-10-6-11(15)19-13(16)12(10)14(17)20/h2-6H,7H2,1H3,(H2,17,20)(H,18,19). The molecule has 0 atom stereocenters. The minimum atomic E-state index is -0.665. The number of benzene rings is 1. The van der Waals surface area contributed by atoms with Crippen molar-refractivity contribution in [2.75, 3.05) is 12.4 Å². The third kappa shape index (κ3) is 3.77. The average Bonchev–Trinajstić information content (AvgIpc) is 2.44. The van der Waals surface area contributed by atoms with Crippen molar-refractivity contribution in [3.05, 3.63) is 51.8 Å². The maximum atomic E-state index is 11.4. The van der Waals surface area contributed by atoms with Gasteiger partial charge in [-0.05, 0) is 23.8 Å². The Balaban J connectivity index is 2.20. The van der Waals surface area contributed by atoms with E-state index in [1.54, 1.807) is 7.11 Å². The predicted octanol–water partition coefficient (Wildman–Crippen LogP) is 3.11. The van der Waals surface area contributed by atoms with Gasteiger partial charge in [0.05, 0.1) is 18.4 Å². The molecule has 2 rings (SSSR count). The first-order valence-electron chi connectivity index (χ1n) is 6.04. The summed E-state index contributed by atoms with van der Waals surface area (Å²) in [5.74, 6) is 0.105. The Morgan fingerprint density at radius 1 is 1.33 bits per heavy atom. The number of ether oxygens (including phenoxy) is 1. The topological polar surface area (TPSA) is 77.2 Å². The van der Waals surface area contributed by atoms with Gasteiger partial charge in [-0.2, -0.15) is 0 Å². The number of hydrogen-bond donors (Lipinski definition) is 2. The second-order valence-corrected chi connectivity index (χ2v) is 4.97. The quantitative estimate of drug-likeness (QED) is 0.828. The highest BCUT2D eigenvalue weighted by atomic mass is 35.5. The molecular formula is C14H13Cl2N3O2. The molecule has 0 spiro atoms. The van der Waals surface area contributed by atoms with Crippen LogP contribution in [0.3, 0.4) is 0 Å². The minimum Gasteiger partial charge on any atom is -0.497 e. The van der Waals surface area contributed by atoms with Crippen LogP contribution in [0.4, 0.5) is 5.69 Å². The van der Waals surface area contributed by atoms with Gasteiger partial charge in [0.1, 0.15) is 16.1 Å². The summed E-state index contributed by atoms with van der Waals surface area (Å²) in [7, 11) is 1.60. The van der Waals surface area contributed by atoms with Crippen molar-refractivity contribution >= 4 is 34.8 Å². The van der Waals surface area contributed by atoms with Crippen LogP contribution in [0.25, 0.3) is 0 Å². The summed E-state index contributed by atoms with van der Waals surface area (Å²) in [4.78, 5) is 15.3. The van der Waals surface area contributed by atoms with Gasteiger partial charge in [0.2, 0.25) is 0 Å². The molecular weight excluding hydrogens is 313 g/mol. The van der Waals surface area contributed by atoms with Gasteiger partial charge in [0.25, 0.3) is 5.91 Å². The van der Waals surface area contributed by atoms with Gasteiger partial charge in [0.15, 0.2) is 0 Å². The largest absolute Gasteiger partial charge is 0.497 e. The first kappa shape index (κ1) is 15.4. The van der Waals surface area contributed by atoms with Gasteiger partial charge in [-0.15, -0.1) is 0 Å². The van der Waals surface area contributed by atoms with E-state index < -0.39 is 5.91 Å². The molecule has 1 aromatic carbocycles. The molecule has 0 aliphatic rings. The lowest BCUT2D eigenvalue weighted by Crippen LogP contribution is -2.16. The molecule has 0 radical (unpaired) electrons. The second-order valence-electron chi connectivity index (χ2n) is 4.22. The number of pyridine rings is 1. The molecule has 1 heterocycles. The van der Waals surface area contributed by atoms with Crippen molar-refractivity contribution < 1.29 is 9.53 Å². The molecule has 1 aromatic heterocycles. The normalized spacial score (nSPS) is 10.2. The Hall–Kier alpha value is -1.98. The molecule has 0 saturated heterocycles. The Morgan fingerprint density at radius 2 is 2.00 bits per heavy atom. The van der Waals surface area contributed by atoms with E-state index in [1.165, 1.54) is 6.07 Å². The number of carbonyl (C=O) groups is 1. The summed E-state index contributed by atoms with van der Waals surface area (Å²) in [5, 5.41) is 3.24. The molecule has 7 heteroatoms. The van der Waals surface area contributed by atoms with Crippen molar-refractivity contribution in [3.63, 3.8) is 0 Å². The first-order chi connectivity index (χ1) is 10.0. The number of nitrogens with two attached hydrogens (primary N) is 1. The van der Waals surface area contributed by atoms with E-state index >= 15 is 0 Å². The highest BCUT2D eigenvalue weighted by Gasteiger charge is 2.15. The van der Waals surface area contributed by atoms with Gasteiger partial charge in [0, 0.05) is 6.54 Å². The van der Waals surface area contributed by atoms with Crippen molar-refractivity contribution in [2.24, 2.45) is 5.73 Å². The van der Waals surface area contributed by atoms with E-state index in [4.69, 9.17) is 33.7 Å². The monoisotopic (exact) mass is 325 g/mol. The molecule has 3 N–H and O–H groups in total. The molecule has 21 heavy (non-hydrogen) atoms. The van der Waals surface area contributed by atoms with E-state index in [0.29, 0.717) is 12.2 Å². The number of carbonyl (C=O) groups excluding carboxylic acids is 1. The molecule has 5 nitrogen and oxygen atoms in total. The zero-order valence-electron chi connectivity index (χ0n) is 11.2. The van der Waals surface area contributed by atoms with Crippen LogP contribution in [0, 0.1) is 0 Å². The fraction of sp³-hybridized carbons (Fsp3) is 0.143. The molecule has 2 aromatic rings. The highest BCUT2D eigenvalue weighted by Crippen LogP contribution is 2.26. The van der Waals surface area contributed by atoms with Crippen LogP contribution >= 0.6 is 23.2 Å². The SMILES string of the molecule is COc1ccc(CNc2cc(Cl)nc(Cl)c2C(N)=O)cc1. The summed E-state index contributed by atoms with van der Waals surface area (Å²) in [6.45, 7) is 0.473. The number of rotatable bonds is 5. The zero-order chi connectivity index (χ0) is 15.4. The predicted molar refractivity (Wildman–Crippen MR) is 83.1 cm³/mol. The van der Waals surface area contributed by atoms with Gasteiger partial charge in [-0.25, -0.2) is 4.98 Å². The number of amides is 1. The molecule has 0 saturated carbocycles. The van der Waals surface area contributed by atoms with Gasteiger partial charge in [-0.1, -0.05) is 35.3 Å². The van der Waals surface area contributed by atoms with Crippen LogP contribution in [0.5, 0.6) is 5.75 Å². The number of anilines is 1. The summed E-state index contributed by atoms with van der Waals surface area (Å²) >= 11 is 11.7. The number of aromatic nitrogens is 1. The van der Waals surface area contributed by atoms with E-state index in [2.05, 4.69) is 10.3 Å². The van der Waals surface area contributed by atoms with E-state index in [1.807, 2.05) is 24.3 Å². The van der Waals surface area contributed by atoms with Crippen LogP contribution in [0.1, 0.15) is 15.9 Å². The van der Waals surface area contributed by atoms with Crippen LogP contribution in [-0.2, 0) is 6.54 Å². The number of methoxy groups -OCH3 is 1. The third-order valence-corrected chi connectivity index (χ3v) is 3.30. The molecule has 0 aliphatic carbocycles.